The predicted molar refractivity (Wildman–Crippen MR) is 98.2 cm³/mol. The molecule has 2 heterocycles. The Morgan fingerprint density at radius 3 is 2.47 bits per heavy atom. The Balaban J connectivity index is 1.55. The lowest BCUT2D eigenvalue weighted by molar-refractivity contribution is -0.274. The van der Waals surface area contributed by atoms with Gasteiger partial charge in [0.15, 0.2) is 6.10 Å². The highest BCUT2D eigenvalue weighted by molar-refractivity contribution is 7.89. The van der Waals surface area contributed by atoms with Crippen LogP contribution in [0.3, 0.4) is 0 Å². The molecule has 0 aromatic heterocycles. The van der Waals surface area contributed by atoms with Crippen molar-refractivity contribution in [3.8, 4) is 5.75 Å². The van der Waals surface area contributed by atoms with Crippen LogP contribution in [-0.4, -0.2) is 44.0 Å². The van der Waals surface area contributed by atoms with E-state index >= 15 is 0 Å². The van der Waals surface area contributed by atoms with Gasteiger partial charge in [0, 0.05) is 6.54 Å². The number of alkyl halides is 3. The molecule has 0 N–H and O–H groups in total. The molecule has 0 saturated carbocycles. The molecular formula is C18H13ClF4N2O4S. The van der Waals surface area contributed by atoms with Gasteiger partial charge in [0.2, 0.25) is 10.0 Å². The zero-order valence-electron chi connectivity index (χ0n) is 14.9. The van der Waals surface area contributed by atoms with E-state index in [1.807, 2.05) is 0 Å². The maximum Gasteiger partial charge on any atom is 0.573 e. The van der Waals surface area contributed by atoms with Crippen molar-refractivity contribution in [1.29, 1.82) is 0 Å². The van der Waals surface area contributed by atoms with E-state index in [4.69, 9.17) is 16.4 Å². The van der Waals surface area contributed by atoms with Crippen molar-refractivity contribution >= 4 is 27.3 Å². The molecule has 2 aliphatic rings. The summed E-state index contributed by atoms with van der Waals surface area (Å²) in [6.07, 6.45) is -5.51. The Labute approximate surface area is 173 Å². The highest BCUT2D eigenvalue weighted by Crippen LogP contribution is 2.36. The third-order valence-corrected chi connectivity index (χ3v) is 6.95. The van der Waals surface area contributed by atoms with E-state index in [9.17, 15) is 26.0 Å². The van der Waals surface area contributed by atoms with Crippen molar-refractivity contribution in [1.82, 2.24) is 4.31 Å². The van der Waals surface area contributed by atoms with Gasteiger partial charge in [-0.3, -0.25) is 0 Å². The molecule has 2 unspecified atom stereocenters. The zero-order chi connectivity index (χ0) is 21.7. The topological polar surface area (TPSA) is 68.2 Å². The molecular weight excluding hydrogens is 452 g/mol. The minimum Gasteiger partial charge on any atom is -0.406 e. The van der Waals surface area contributed by atoms with Crippen molar-refractivity contribution in [2.45, 2.75) is 17.4 Å². The second-order valence-electron chi connectivity index (χ2n) is 6.66. The van der Waals surface area contributed by atoms with E-state index in [2.05, 4.69) is 9.89 Å². The number of hydrogen-bond donors (Lipinski definition) is 0. The number of ether oxygens (including phenoxy) is 1. The molecule has 2 aromatic carbocycles. The minimum atomic E-state index is -4.88. The average Bonchev–Trinajstić information content (AvgIpc) is 3.23. The smallest absolute Gasteiger partial charge is 0.406 e. The third-order valence-electron chi connectivity index (χ3n) is 4.78. The summed E-state index contributed by atoms with van der Waals surface area (Å²) in [6, 6.07) is 8.02. The molecule has 0 bridgehead atoms. The number of sulfonamides is 1. The van der Waals surface area contributed by atoms with E-state index in [-0.39, 0.29) is 34.3 Å². The normalized spacial score (nSPS) is 21.8. The fourth-order valence-corrected chi connectivity index (χ4v) is 5.17. The Morgan fingerprint density at radius 1 is 1.13 bits per heavy atom. The van der Waals surface area contributed by atoms with Gasteiger partial charge in [-0.25, -0.2) is 12.8 Å². The first kappa shape index (κ1) is 20.9. The van der Waals surface area contributed by atoms with Crippen LogP contribution in [0.2, 0.25) is 5.02 Å². The molecule has 1 fully saturated rings. The molecule has 0 radical (unpaired) electrons. The molecule has 30 heavy (non-hydrogen) atoms. The lowest BCUT2D eigenvalue weighted by Crippen LogP contribution is -2.30. The van der Waals surface area contributed by atoms with E-state index in [1.54, 1.807) is 0 Å². The van der Waals surface area contributed by atoms with Gasteiger partial charge in [-0.15, -0.1) is 13.2 Å². The zero-order valence-corrected chi connectivity index (χ0v) is 16.5. The molecule has 0 aliphatic carbocycles. The van der Waals surface area contributed by atoms with Crippen molar-refractivity contribution in [2.75, 3.05) is 13.1 Å². The van der Waals surface area contributed by atoms with Crippen molar-refractivity contribution in [3.63, 3.8) is 0 Å². The first-order valence-corrected chi connectivity index (χ1v) is 10.4. The fourth-order valence-electron chi connectivity index (χ4n) is 3.43. The number of benzene rings is 2. The highest BCUT2D eigenvalue weighted by Gasteiger charge is 2.47. The molecule has 2 atom stereocenters. The van der Waals surface area contributed by atoms with Crippen LogP contribution in [0.5, 0.6) is 5.75 Å². The van der Waals surface area contributed by atoms with Gasteiger partial charge in [-0.2, -0.15) is 4.31 Å². The quantitative estimate of drug-likeness (QED) is 0.645. The van der Waals surface area contributed by atoms with E-state index in [0.717, 1.165) is 28.6 Å². The summed E-state index contributed by atoms with van der Waals surface area (Å²) in [5.74, 6) is -1.68. The van der Waals surface area contributed by atoms with Crippen molar-refractivity contribution in [3.05, 3.63) is 58.9 Å². The molecule has 0 amide bonds. The summed E-state index contributed by atoms with van der Waals surface area (Å²) in [5.41, 5.74) is 0.272. The highest BCUT2D eigenvalue weighted by atomic mass is 35.5. The molecule has 2 aromatic rings. The van der Waals surface area contributed by atoms with Gasteiger partial charge in [0.05, 0.1) is 33.7 Å². The Kier molecular flexibility index (Phi) is 5.15. The second kappa shape index (κ2) is 7.40. The minimum absolute atomic E-state index is 0.0443. The third kappa shape index (κ3) is 3.84. The number of fused-ring (bicyclic) bond motifs is 1. The van der Waals surface area contributed by atoms with Crippen LogP contribution < -0.4 is 4.74 Å². The van der Waals surface area contributed by atoms with Crippen LogP contribution in [0.15, 0.2) is 52.5 Å². The Bertz CT molecular complexity index is 1090. The predicted octanol–water partition coefficient (Wildman–Crippen LogP) is 3.80. The monoisotopic (exact) mass is 464 g/mol. The number of oxime groups is 1. The standard InChI is InChI=1S/C18H13ClF4N2O4S/c19-13-2-1-3-14(20)16(13)17-12-8-25(9-15(12)29-24-17)30(26,27)11-6-4-10(5-7-11)28-18(21,22)23/h1-7,12,15H,8-9H2. The molecule has 0 spiro atoms. The number of rotatable bonds is 4. The van der Waals surface area contributed by atoms with E-state index in [1.165, 1.54) is 18.2 Å². The van der Waals surface area contributed by atoms with E-state index < -0.39 is 40.0 Å². The molecule has 6 nitrogen and oxygen atoms in total. The van der Waals surface area contributed by atoms with Crippen molar-refractivity contribution < 1.29 is 35.6 Å². The van der Waals surface area contributed by atoms with Gasteiger partial charge in [0.25, 0.3) is 0 Å². The molecule has 2 aliphatic heterocycles. The summed E-state index contributed by atoms with van der Waals surface area (Å²) >= 11 is 6.08. The average molecular weight is 465 g/mol. The van der Waals surface area contributed by atoms with Gasteiger partial charge in [-0.05, 0) is 36.4 Å². The lowest BCUT2D eigenvalue weighted by atomic mass is 9.94. The maximum absolute atomic E-state index is 14.3. The Morgan fingerprint density at radius 2 is 1.83 bits per heavy atom. The van der Waals surface area contributed by atoms with Crippen LogP contribution in [0.4, 0.5) is 17.6 Å². The molecule has 160 valence electrons. The van der Waals surface area contributed by atoms with Gasteiger partial charge >= 0.3 is 6.36 Å². The molecule has 1 saturated heterocycles. The van der Waals surface area contributed by atoms with E-state index in [0.29, 0.717) is 0 Å². The Hall–Kier alpha value is -2.37. The maximum atomic E-state index is 14.3. The number of hydrogen-bond acceptors (Lipinski definition) is 5. The number of halogens is 5. The summed E-state index contributed by atoms with van der Waals surface area (Å²) in [4.78, 5) is 5.09. The summed E-state index contributed by atoms with van der Waals surface area (Å²) < 4.78 is 81.8. The summed E-state index contributed by atoms with van der Waals surface area (Å²) in [5, 5.41) is 4.02. The SMILES string of the molecule is O=S(=O)(c1ccc(OC(F)(F)F)cc1)N1CC2ON=C(c3c(F)cccc3Cl)C2C1. The molecule has 12 heteroatoms. The van der Waals surface area contributed by atoms with Gasteiger partial charge in [-0.1, -0.05) is 22.8 Å². The first-order valence-electron chi connectivity index (χ1n) is 8.60. The van der Waals surface area contributed by atoms with Crippen LogP contribution >= 0.6 is 11.6 Å². The molecule has 4 rings (SSSR count). The summed E-state index contributed by atoms with van der Waals surface area (Å²) in [6.45, 7) is -0.0931. The fraction of sp³-hybridized carbons (Fsp3) is 0.278. The van der Waals surface area contributed by atoms with Crippen LogP contribution in [0.25, 0.3) is 0 Å². The largest absolute Gasteiger partial charge is 0.573 e. The van der Waals surface area contributed by atoms with Crippen LogP contribution in [0, 0.1) is 11.7 Å². The summed E-state index contributed by atoms with van der Waals surface area (Å²) in [7, 11) is -4.03. The van der Waals surface area contributed by atoms with Crippen molar-refractivity contribution in [2.24, 2.45) is 11.1 Å². The van der Waals surface area contributed by atoms with Crippen LogP contribution in [-0.2, 0) is 14.9 Å². The van der Waals surface area contributed by atoms with Crippen LogP contribution in [0.1, 0.15) is 5.56 Å². The van der Waals surface area contributed by atoms with Gasteiger partial charge < -0.3 is 9.57 Å². The van der Waals surface area contributed by atoms with Gasteiger partial charge in [0.1, 0.15) is 11.6 Å². The lowest BCUT2D eigenvalue weighted by Gasteiger charge is -2.17. The second-order valence-corrected chi connectivity index (χ2v) is 9.01. The first-order chi connectivity index (χ1) is 14.1. The number of nitrogens with zero attached hydrogens (tertiary/aromatic N) is 2.